The number of carbonyl (C=O) groups excluding carboxylic acids is 1. The maximum absolute atomic E-state index is 12.4. The van der Waals surface area contributed by atoms with E-state index in [2.05, 4.69) is 59.1 Å². The fourth-order valence-electron chi connectivity index (χ4n) is 4.58. The molecule has 2 aliphatic heterocycles. The van der Waals surface area contributed by atoms with Crippen molar-refractivity contribution >= 4 is 11.6 Å². The highest BCUT2D eigenvalue weighted by Gasteiger charge is 2.44. The first kappa shape index (κ1) is 15.1. The Labute approximate surface area is 148 Å². The van der Waals surface area contributed by atoms with Gasteiger partial charge in [-0.3, -0.25) is 4.79 Å². The Morgan fingerprint density at radius 2 is 1.92 bits per heavy atom. The highest BCUT2D eigenvalue weighted by Crippen LogP contribution is 2.45. The number of hydrogen-bond donors (Lipinski definition) is 1. The van der Waals surface area contributed by atoms with Gasteiger partial charge >= 0.3 is 0 Å². The molecule has 1 N–H and O–H groups in total. The molecule has 0 bridgehead atoms. The van der Waals surface area contributed by atoms with Crippen LogP contribution in [0.15, 0.2) is 30.5 Å². The number of piperidine rings is 1. The minimum atomic E-state index is -0.0570. The van der Waals surface area contributed by atoms with E-state index in [1.807, 2.05) is 0 Å². The van der Waals surface area contributed by atoms with Gasteiger partial charge in [0.05, 0.1) is 16.9 Å². The number of fused-ring (bicyclic) bond motifs is 4. The number of carbonyl (C=O) groups is 1. The Kier molecular flexibility index (Phi) is 3.09. The Bertz CT molecular complexity index is 854. The summed E-state index contributed by atoms with van der Waals surface area (Å²) in [6, 6.07) is 8.81. The summed E-state index contributed by atoms with van der Waals surface area (Å²) in [5.74, 6) is 0.705. The van der Waals surface area contributed by atoms with Gasteiger partial charge in [-0.15, -0.1) is 0 Å². The summed E-state index contributed by atoms with van der Waals surface area (Å²) < 4.78 is 2.37. The van der Waals surface area contributed by atoms with Crippen molar-refractivity contribution < 1.29 is 4.79 Å². The quantitative estimate of drug-likeness (QED) is 0.862. The predicted octanol–water partition coefficient (Wildman–Crippen LogP) is 3.75. The lowest BCUT2D eigenvalue weighted by molar-refractivity contribution is -0.134. The summed E-state index contributed by atoms with van der Waals surface area (Å²) in [5.41, 5.74) is 6.43. The molecule has 130 valence electrons. The third kappa shape index (κ3) is 2.16. The van der Waals surface area contributed by atoms with Crippen LogP contribution in [0.5, 0.6) is 0 Å². The van der Waals surface area contributed by atoms with E-state index in [-0.39, 0.29) is 5.54 Å². The maximum atomic E-state index is 12.4. The normalized spacial score (nSPS) is 20.8. The van der Waals surface area contributed by atoms with Crippen LogP contribution in [-0.2, 0) is 10.3 Å². The minimum absolute atomic E-state index is 0.0570. The van der Waals surface area contributed by atoms with Crippen molar-refractivity contribution in [2.24, 2.45) is 5.92 Å². The van der Waals surface area contributed by atoms with Gasteiger partial charge in [-0.25, -0.2) is 0 Å². The molecule has 1 aromatic heterocycles. The highest BCUT2D eigenvalue weighted by atomic mass is 16.2. The van der Waals surface area contributed by atoms with Crippen molar-refractivity contribution in [2.45, 2.75) is 45.1 Å². The smallest absolute Gasteiger partial charge is 0.225 e. The van der Waals surface area contributed by atoms with Crippen molar-refractivity contribution in [3.8, 4) is 5.69 Å². The van der Waals surface area contributed by atoms with E-state index < -0.39 is 0 Å². The Morgan fingerprint density at radius 1 is 1.16 bits per heavy atom. The summed E-state index contributed by atoms with van der Waals surface area (Å²) >= 11 is 0. The molecule has 2 fully saturated rings. The number of amides is 1. The van der Waals surface area contributed by atoms with Crippen molar-refractivity contribution in [2.75, 3.05) is 18.4 Å². The van der Waals surface area contributed by atoms with Gasteiger partial charge in [0.2, 0.25) is 5.91 Å². The monoisotopic (exact) mass is 335 g/mol. The molecular formula is C21H25N3O. The van der Waals surface area contributed by atoms with E-state index in [1.54, 1.807) is 0 Å². The molecule has 3 aliphatic rings. The molecule has 4 heteroatoms. The maximum Gasteiger partial charge on any atom is 0.225 e. The first-order valence-electron chi connectivity index (χ1n) is 9.44. The lowest BCUT2D eigenvalue weighted by Gasteiger charge is -2.46. The molecule has 3 heterocycles. The van der Waals surface area contributed by atoms with Gasteiger partial charge in [0.15, 0.2) is 0 Å². The second-order valence-corrected chi connectivity index (χ2v) is 7.97. The van der Waals surface area contributed by atoms with Gasteiger partial charge in [-0.2, -0.15) is 0 Å². The fraction of sp³-hybridized carbons (Fsp3) is 0.476. The van der Waals surface area contributed by atoms with Crippen LogP contribution < -0.4 is 5.32 Å². The number of aryl methyl sites for hydroxylation is 1. The molecule has 1 saturated carbocycles. The zero-order valence-corrected chi connectivity index (χ0v) is 15.0. The number of nitrogens with zero attached hydrogens (tertiary/aromatic N) is 2. The van der Waals surface area contributed by atoms with E-state index >= 15 is 0 Å². The lowest BCUT2D eigenvalue weighted by Crippen LogP contribution is -2.51. The number of nitrogens with one attached hydrogen (secondary N) is 1. The summed E-state index contributed by atoms with van der Waals surface area (Å²) in [4.78, 5) is 14.5. The lowest BCUT2D eigenvalue weighted by atomic mass is 9.82. The van der Waals surface area contributed by atoms with Gasteiger partial charge in [0.25, 0.3) is 0 Å². The van der Waals surface area contributed by atoms with Crippen molar-refractivity contribution in [1.29, 1.82) is 0 Å². The minimum Gasteiger partial charge on any atom is -0.372 e. The molecule has 1 aromatic carbocycles. The fourth-order valence-corrected chi connectivity index (χ4v) is 4.58. The first-order valence-corrected chi connectivity index (χ1v) is 9.44. The number of anilines is 1. The Balaban J connectivity index is 1.50. The van der Waals surface area contributed by atoms with Gasteiger partial charge in [0.1, 0.15) is 0 Å². The van der Waals surface area contributed by atoms with Crippen LogP contribution in [0.2, 0.25) is 0 Å². The molecule has 5 rings (SSSR count). The van der Waals surface area contributed by atoms with E-state index in [0.29, 0.717) is 11.8 Å². The summed E-state index contributed by atoms with van der Waals surface area (Å²) in [6.45, 7) is 6.08. The van der Waals surface area contributed by atoms with Crippen LogP contribution in [0.25, 0.3) is 5.69 Å². The van der Waals surface area contributed by atoms with Gasteiger partial charge in [0, 0.05) is 30.9 Å². The SMILES string of the molecule is Cc1ccc2c(c1C)-n1cccc1C1(CCN(C(=O)C3CC3)CC1)N2. The molecule has 0 unspecified atom stereocenters. The highest BCUT2D eigenvalue weighted by molar-refractivity contribution is 5.81. The molecule has 0 radical (unpaired) electrons. The molecule has 1 amide bonds. The van der Waals surface area contributed by atoms with Crippen LogP contribution in [0, 0.1) is 19.8 Å². The second-order valence-electron chi connectivity index (χ2n) is 7.97. The number of likely N-dealkylation sites (tertiary alicyclic amines) is 1. The molecule has 0 atom stereocenters. The summed E-state index contributed by atoms with van der Waals surface area (Å²) in [6.07, 6.45) is 6.32. The van der Waals surface area contributed by atoms with Crippen molar-refractivity contribution in [1.82, 2.24) is 9.47 Å². The van der Waals surface area contributed by atoms with E-state index in [9.17, 15) is 4.79 Å². The van der Waals surface area contributed by atoms with Gasteiger partial charge < -0.3 is 14.8 Å². The Morgan fingerprint density at radius 3 is 2.64 bits per heavy atom. The molecule has 1 spiro atoms. The van der Waals surface area contributed by atoms with Crippen LogP contribution >= 0.6 is 0 Å². The zero-order chi connectivity index (χ0) is 17.2. The summed E-state index contributed by atoms with van der Waals surface area (Å²) in [7, 11) is 0. The predicted molar refractivity (Wildman–Crippen MR) is 99.1 cm³/mol. The van der Waals surface area contributed by atoms with Gasteiger partial charge in [-0.05, 0) is 68.9 Å². The van der Waals surface area contributed by atoms with Crippen LogP contribution in [-0.4, -0.2) is 28.5 Å². The standard InChI is InChI=1S/C21H25N3O/c1-14-5-8-17-19(15(14)2)24-11-3-4-18(24)21(22-17)9-12-23(13-10-21)20(25)16-6-7-16/h3-5,8,11,16,22H,6-7,9-10,12-13H2,1-2H3. The van der Waals surface area contributed by atoms with Crippen LogP contribution in [0.4, 0.5) is 5.69 Å². The number of hydrogen-bond acceptors (Lipinski definition) is 2. The average Bonchev–Trinajstić information content (AvgIpc) is 3.35. The second kappa shape index (κ2) is 5.13. The van der Waals surface area contributed by atoms with Gasteiger partial charge in [-0.1, -0.05) is 6.07 Å². The molecule has 1 aliphatic carbocycles. The van der Waals surface area contributed by atoms with Crippen LogP contribution in [0.1, 0.15) is 42.5 Å². The topological polar surface area (TPSA) is 37.3 Å². The van der Waals surface area contributed by atoms with E-state index in [4.69, 9.17) is 0 Å². The summed E-state index contributed by atoms with van der Waals surface area (Å²) in [5, 5.41) is 3.87. The van der Waals surface area contributed by atoms with Crippen LogP contribution in [0.3, 0.4) is 0 Å². The molecule has 25 heavy (non-hydrogen) atoms. The first-order chi connectivity index (χ1) is 12.1. The molecule has 4 nitrogen and oxygen atoms in total. The number of benzene rings is 1. The largest absolute Gasteiger partial charge is 0.372 e. The number of rotatable bonds is 1. The number of aromatic nitrogens is 1. The third-order valence-electron chi connectivity index (χ3n) is 6.41. The molecular weight excluding hydrogens is 310 g/mol. The Hall–Kier alpha value is -2.23. The third-order valence-corrected chi connectivity index (χ3v) is 6.41. The van der Waals surface area contributed by atoms with E-state index in [1.165, 1.54) is 28.2 Å². The average molecular weight is 335 g/mol. The van der Waals surface area contributed by atoms with Crippen molar-refractivity contribution in [3.63, 3.8) is 0 Å². The van der Waals surface area contributed by atoms with Crippen molar-refractivity contribution in [3.05, 3.63) is 47.3 Å². The van der Waals surface area contributed by atoms with E-state index in [0.717, 1.165) is 38.8 Å². The zero-order valence-electron chi connectivity index (χ0n) is 15.0. The molecule has 1 saturated heterocycles. The molecule has 2 aromatic rings.